The van der Waals surface area contributed by atoms with Crippen LogP contribution in [-0.2, 0) is 6.18 Å². The maximum Gasteiger partial charge on any atom is 0.416 e. The highest BCUT2D eigenvalue weighted by Crippen LogP contribution is 2.30. The topological polar surface area (TPSA) is 26.8 Å². The van der Waals surface area contributed by atoms with Crippen LogP contribution >= 0.6 is 0 Å². The Labute approximate surface area is 140 Å². The van der Waals surface area contributed by atoms with Crippen LogP contribution in [0.3, 0.4) is 0 Å². The molecule has 0 saturated carbocycles. The van der Waals surface area contributed by atoms with E-state index in [9.17, 15) is 18.0 Å². The summed E-state index contributed by atoms with van der Waals surface area (Å²) >= 11 is 0. The lowest BCUT2D eigenvalue weighted by atomic mass is 9.99. The fourth-order valence-corrected chi connectivity index (χ4v) is 2.90. The van der Waals surface area contributed by atoms with Crippen LogP contribution in [0.2, 0.25) is 0 Å². The zero-order chi connectivity index (χ0) is 17.9. The Hall–Kier alpha value is -1.76. The van der Waals surface area contributed by atoms with Crippen molar-refractivity contribution >= 4 is 6.03 Å². The molecule has 7 heteroatoms. The van der Waals surface area contributed by atoms with Gasteiger partial charge in [0.05, 0.1) is 5.56 Å². The highest BCUT2D eigenvalue weighted by atomic mass is 19.4. The molecule has 0 aromatic heterocycles. The lowest BCUT2D eigenvalue weighted by Gasteiger charge is -2.37. The van der Waals surface area contributed by atoms with Crippen molar-refractivity contribution in [3.63, 3.8) is 0 Å². The first-order chi connectivity index (χ1) is 11.2. The molecule has 0 bridgehead atoms. The minimum absolute atomic E-state index is 0.0189. The van der Waals surface area contributed by atoms with Crippen LogP contribution in [0, 0.1) is 0 Å². The molecule has 0 aliphatic carbocycles. The van der Waals surface area contributed by atoms with Crippen molar-refractivity contribution in [1.82, 2.24) is 14.7 Å². The minimum atomic E-state index is -4.29. The van der Waals surface area contributed by atoms with Crippen molar-refractivity contribution < 1.29 is 18.0 Å². The van der Waals surface area contributed by atoms with E-state index in [0.29, 0.717) is 13.1 Å². The molecule has 24 heavy (non-hydrogen) atoms. The SMILES string of the molecule is C[C@H](CN1CCN(C(=O)N(C)C)CC1)c1ccc(C(F)(F)F)cc1. The molecule has 1 heterocycles. The Balaban J connectivity index is 1.87. The van der Waals surface area contributed by atoms with Crippen LogP contribution in [0.4, 0.5) is 18.0 Å². The third-order valence-electron chi connectivity index (χ3n) is 4.36. The molecule has 1 aliphatic heterocycles. The fourth-order valence-electron chi connectivity index (χ4n) is 2.90. The summed E-state index contributed by atoms with van der Waals surface area (Å²) < 4.78 is 37.8. The van der Waals surface area contributed by atoms with Crippen molar-refractivity contribution in [1.29, 1.82) is 0 Å². The number of rotatable bonds is 3. The number of alkyl halides is 3. The van der Waals surface area contributed by atoms with Crippen molar-refractivity contribution in [2.45, 2.75) is 19.0 Å². The van der Waals surface area contributed by atoms with E-state index in [0.717, 1.165) is 37.3 Å². The van der Waals surface area contributed by atoms with Gasteiger partial charge in [0.25, 0.3) is 0 Å². The third kappa shape index (κ3) is 4.63. The number of carbonyl (C=O) groups is 1. The van der Waals surface area contributed by atoms with Crippen LogP contribution in [0.5, 0.6) is 0 Å². The number of amides is 2. The zero-order valence-electron chi connectivity index (χ0n) is 14.3. The van der Waals surface area contributed by atoms with Gasteiger partial charge in [-0.05, 0) is 23.6 Å². The van der Waals surface area contributed by atoms with Gasteiger partial charge in [-0.1, -0.05) is 19.1 Å². The first-order valence-corrected chi connectivity index (χ1v) is 8.04. The maximum atomic E-state index is 12.6. The number of nitrogens with zero attached hydrogens (tertiary/aromatic N) is 3. The fraction of sp³-hybridized carbons (Fsp3) is 0.588. The summed E-state index contributed by atoms with van der Waals surface area (Å²) in [6, 6.07) is 5.41. The smallest absolute Gasteiger partial charge is 0.331 e. The van der Waals surface area contributed by atoms with Crippen LogP contribution in [0.1, 0.15) is 24.0 Å². The second kappa shape index (κ2) is 7.42. The highest BCUT2D eigenvalue weighted by Gasteiger charge is 2.30. The van der Waals surface area contributed by atoms with Gasteiger partial charge in [0.15, 0.2) is 0 Å². The molecule has 1 aliphatic rings. The molecule has 2 rings (SSSR count). The summed E-state index contributed by atoms with van der Waals surface area (Å²) in [6.07, 6.45) is -4.29. The Bertz CT molecular complexity index is 549. The number of hydrogen-bond donors (Lipinski definition) is 0. The van der Waals surface area contributed by atoms with Gasteiger partial charge in [0, 0.05) is 46.8 Å². The van der Waals surface area contributed by atoms with Crippen LogP contribution in [-0.4, -0.2) is 67.5 Å². The van der Waals surface area contributed by atoms with E-state index in [1.165, 1.54) is 0 Å². The van der Waals surface area contributed by atoms with Crippen molar-refractivity contribution in [3.05, 3.63) is 35.4 Å². The van der Waals surface area contributed by atoms with Crippen molar-refractivity contribution in [2.24, 2.45) is 0 Å². The minimum Gasteiger partial charge on any atom is -0.331 e. The van der Waals surface area contributed by atoms with E-state index < -0.39 is 11.7 Å². The number of hydrogen-bond acceptors (Lipinski definition) is 2. The molecule has 4 nitrogen and oxygen atoms in total. The van der Waals surface area contributed by atoms with E-state index in [1.54, 1.807) is 31.1 Å². The summed E-state index contributed by atoms with van der Waals surface area (Å²) in [6.45, 7) is 5.71. The predicted molar refractivity (Wildman–Crippen MR) is 87.0 cm³/mol. The van der Waals surface area contributed by atoms with E-state index in [2.05, 4.69) is 4.90 Å². The van der Waals surface area contributed by atoms with Gasteiger partial charge in [-0.2, -0.15) is 13.2 Å². The molecule has 2 amide bonds. The number of halogens is 3. The van der Waals surface area contributed by atoms with Crippen LogP contribution < -0.4 is 0 Å². The average Bonchev–Trinajstić information content (AvgIpc) is 2.54. The van der Waals surface area contributed by atoms with Gasteiger partial charge in [-0.15, -0.1) is 0 Å². The first-order valence-electron chi connectivity index (χ1n) is 8.04. The van der Waals surface area contributed by atoms with Gasteiger partial charge >= 0.3 is 12.2 Å². The summed E-state index contributed by atoms with van der Waals surface area (Å²) in [7, 11) is 3.47. The van der Waals surface area contributed by atoms with Crippen LogP contribution in [0.15, 0.2) is 24.3 Å². The van der Waals surface area contributed by atoms with Gasteiger partial charge < -0.3 is 9.80 Å². The second-order valence-electron chi connectivity index (χ2n) is 6.49. The summed E-state index contributed by atoms with van der Waals surface area (Å²) in [5.74, 6) is 0.142. The Morgan fingerprint density at radius 3 is 2.12 bits per heavy atom. The van der Waals surface area contributed by atoms with Crippen LogP contribution in [0.25, 0.3) is 0 Å². The lowest BCUT2D eigenvalue weighted by molar-refractivity contribution is -0.137. The molecular weight excluding hydrogens is 319 g/mol. The number of piperazine rings is 1. The molecular formula is C17H24F3N3O. The first kappa shape index (κ1) is 18.6. The van der Waals surface area contributed by atoms with Gasteiger partial charge in [-0.3, -0.25) is 4.90 Å². The van der Waals surface area contributed by atoms with E-state index in [-0.39, 0.29) is 11.9 Å². The molecule has 0 spiro atoms. The molecule has 0 N–H and O–H groups in total. The lowest BCUT2D eigenvalue weighted by Crippen LogP contribution is -2.51. The third-order valence-corrected chi connectivity index (χ3v) is 4.36. The molecule has 1 aromatic carbocycles. The van der Waals surface area contributed by atoms with Crippen molar-refractivity contribution in [3.8, 4) is 0 Å². The molecule has 1 saturated heterocycles. The molecule has 134 valence electrons. The Kier molecular flexibility index (Phi) is 5.74. The largest absolute Gasteiger partial charge is 0.416 e. The molecule has 1 atom stereocenters. The molecule has 1 fully saturated rings. The Morgan fingerprint density at radius 2 is 1.67 bits per heavy atom. The quantitative estimate of drug-likeness (QED) is 0.843. The summed E-state index contributed by atoms with van der Waals surface area (Å²) in [4.78, 5) is 17.5. The number of carbonyl (C=O) groups excluding carboxylic acids is 1. The molecule has 0 radical (unpaired) electrons. The van der Waals surface area contributed by atoms with Gasteiger partial charge in [0.1, 0.15) is 0 Å². The standard InChI is InChI=1S/C17H24F3N3O/c1-13(14-4-6-15(7-5-14)17(18,19)20)12-22-8-10-23(11-9-22)16(24)21(2)3/h4-7,13H,8-12H2,1-3H3/t13-/m1/s1. The predicted octanol–water partition coefficient (Wildman–Crippen LogP) is 3.11. The number of benzene rings is 1. The van der Waals surface area contributed by atoms with E-state index in [4.69, 9.17) is 0 Å². The second-order valence-corrected chi connectivity index (χ2v) is 6.49. The maximum absolute atomic E-state index is 12.6. The average molecular weight is 343 g/mol. The monoisotopic (exact) mass is 343 g/mol. The van der Waals surface area contributed by atoms with Crippen molar-refractivity contribution in [2.75, 3.05) is 46.8 Å². The van der Waals surface area contributed by atoms with Gasteiger partial charge in [0.2, 0.25) is 0 Å². The van der Waals surface area contributed by atoms with E-state index in [1.807, 2.05) is 11.8 Å². The normalized spacial score (nSPS) is 17.7. The Morgan fingerprint density at radius 1 is 1.12 bits per heavy atom. The highest BCUT2D eigenvalue weighted by molar-refractivity contribution is 5.73. The van der Waals surface area contributed by atoms with Gasteiger partial charge in [-0.25, -0.2) is 4.79 Å². The number of urea groups is 1. The summed E-state index contributed by atoms with van der Waals surface area (Å²) in [5, 5.41) is 0. The van der Waals surface area contributed by atoms with E-state index >= 15 is 0 Å². The molecule has 1 aromatic rings. The molecule has 0 unspecified atom stereocenters. The zero-order valence-corrected chi connectivity index (χ0v) is 14.3. The summed E-state index contributed by atoms with van der Waals surface area (Å²) in [5.41, 5.74) is 0.282.